The topological polar surface area (TPSA) is 72.5 Å². The van der Waals surface area contributed by atoms with Crippen molar-refractivity contribution in [2.24, 2.45) is 5.92 Å². The molecule has 0 aromatic carbocycles. The van der Waals surface area contributed by atoms with Crippen LogP contribution in [-0.4, -0.2) is 59.0 Å². The van der Waals surface area contributed by atoms with E-state index in [1.54, 1.807) is 0 Å². The minimum absolute atomic E-state index is 0.165. The van der Waals surface area contributed by atoms with Crippen LogP contribution in [0.1, 0.15) is 31.4 Å². The van der Waals surface area contributed by atoms with Crippen LogP contribution in [0.5, 0.6) is 0 Å². The molecule has 2 saturated heterocycles. The minimum Gasteiger partial charge on any atom is -0.341 e. The lowest BCUT2D eigenvalue weighted by molar-refractivity contribution is -0.136. The van der Waals surface area contributed by atoms with Crippen LogP contribution in [0, 0.1) is 5.92 Å². The van der Waals surface area contributed by atoms with Gasteiger partial charge in [0.1, 0.15) is 0 Å². The maximum absolute atomic E-state index is 13.0. The standard InChI is InChI=1S/C18H28N6O/c25-18(14-5-6-16-17(12-14)21-22-20-16)24-9-3-8-23(10-11-24)13-15-4-1-2-7-19-15/h1-2,4,7,14,16-17,20-22H,3,5-6,8-13H2. The summed E-state index contributed by atoms with van der Waals surface area (Å²) in [5, 5.41) is 0. The van der Waals surface area contributed by atoms with Crippen molar-refractivity contribution in [1.82, 2.24) is 31.2 Å². The number of amides is 1. The third-order valence-electron chi connectivity index (χ3n) is 5.73. The smallest absolute Gasteiger partial charge is 0.225 e. The van der Waals surface area contributed by atoms with Gasteiger partial charge in [-0.1, -0.05) is 6.07 Å². The predicted molar refractivity (Wildman–Crippen MR) is 95.0 cm³/mol. The van der Waals surface area contributed by atoms with Gasteiger partial charge in [-0.05, 0) is 37.8 Å². The average Bonchev–Trinajstić information content (AvgIpc) is 3.00. The van der Waals surface area contributed by atoms with E-state index in [9.17, 15) is 4.79 Å². The number of carbonyl (C=O) groups excluding carboxylic acids is 1. The van der Waals surface area contributed by atoms with Crippen molar-refractivity contribution < 1.29 is 4.79 Å². The largest absolute Gasteiger partial charge is 0.341 e. The maximum Gasteiger partial charge on any atom is 0.225 e. The Morgan fingerprint density at radius 3 is 2.92 bits per heavy atom. The molecule has 3 N–H and O–H groups in total. The molecule has 0 radical (unpaired) electrons. The summed E-state index contributed by atoms with van der Waals surface area (Å²) in [6.07, 6.45) is 5.86. The number of nitrogens with zero attached hydrogens (tertiary/aromatic N) is 3. The molecule has 2 aliphatic heterocycles. The fraction of sp³-hybridized carbons (Fsp3) is 0.667. The summed E-state index contributed by atoms with van der Waals surface area (Å²) < 4.78 is 0. The van der Waals surface area contributed by atoms with Crippen molar-refractivity contribution >= 4 is 5.91 Å². The molecule has 4 rings (SSSR count). The molecule has 0 bridgehead atoms. The van der Waals surface area contributed by atoms with E-state index < -0.39 is 0 Å². The van der Waals surface area contributed by atoms with Crippen LogP contribution in [0.4, 0.5) is 0 Å². The Morgan fingerprint density at radius 2 is 2.04 bits per heavy atom. The van der Waals surface area contributed by atoms with Gasteiger partial charge in [-0.3, -0.25) is 14.7 Å². The summed E-state index contributed by atoms with van der Waals surface area (Å²) >= 11 is 0. The van der Waals surface area contributed by atoms with E-state index >= 15 is 0 Å². The van der Waals surface area contributed by atoms with Gasteiger partial charge in [-0.2, -0.15) is 5.53 Å². The molecule has 1 aromatic heterocycles. The van der Waals surface area contributed by atoms with E-state index in [1.165, 1.54) is 0 Å². The quantitative estimate of drug-likeness (QED) is 0.731. The van der Waals surface area contributed by atoms with Crippen molar-refractivity contribution in [3.8, 4) is 0 Å². The zero-order valence-electron chi connectivity index (χ0n) is 14.7. The summed E-state index contributed by atoms with van der Waals surface area (Å²) in [5.74, 6) is 0.518. The van der Waals surface area contributed by atoms with Crippen LogP contribution in [-0.2, 0) is 11.3 Å². The van der Waals surface area contributed by atoms with Gasteiger partial charge < -0.3 is 4.90 Å². The Kier molecular flexibility index (Phi) is 5.26. The summed E-state index contributed by atoms with van der Waals surface area (Å²) in [4.78, 5) is 21.9. The van der Waals surface area contributed by atoms with Crippen LogP contribution in [0.15, 0.2) is 24.4 Å². The number of carbonyl (C=O) groups is 1. The fourth-order valence-corrected chi connectivity index (χ4v) is 4.28. The highest BCUT2D eigenvalue weighted by atomic mass is 16.2. The lowest BCUT2D eigenvalue weighted by atomic mass is 9.82. The van der Waals surface area contributed by atoms with Crippen LogP contribution in [0.3, 0.4) is 0 Å². The van der Waals surface area contributed by atoms with Gasteiger partial charge in [0.15, 0.2) is 0 Å². The minimum atomic E-state index is 0.165. The number of fused-ring (bicyclic) bond motifs is 1. The Morgan fingerprint density at radius 1 is 1.12 bits per heavy atom. The Bertz CT molecular complexity index is 582. The number of hydrogen-bond donors (Lipinski definition) is 3. The Hall–Kier alpha value is -1.54. The van der Waals surface area contributed by atoms with Crippen molar-refractivity contribution in [2.75, 3.05) is 26.2 Å². The highest BCUT2D eigenvalue weighted by Gasteiger charge is 2.38. The molecule has 1 saturated carbocycles. The number of nitrogens with one attached hydrogen (secondary N) is 3. The molecule has 3 unspecified atom stereocenters. The normalized spacial score (nSPS) is 30.7. The molecule has 1 amide bonds. The lowest BCUT2D eigenvalue weighted by Crippen LogP contribution is -2.46. The van der Waals surface area contributed by atoms with Crippen molar-refractivity contribution in [3.05, 3.63) is 30.1 Å². The van der Waals surface area contributed by atoms with Gasteiger partial charge in [0.05, 0.1) is 5.69 Å². The number of pyridine rings is 1. The highest BCUT2D eigenvalue weighted by molar-refractivity contribution is 5.79. The van der Waals surface area contributed by atoms with Crippen LogP contribution < -0.4 is 16.4 Å². The van der Waals surface area contributed by atoms with E-state index in [-0.39, 0.29) is 5.92 Å². The molecule has 1 aromatic rings. The van der Waals surface area contributed by atoms with Gasteiger partial charge in [-0.25, -0.2) is 10.9 Å². The van der Waals surface area contributed by atoms with E-state index in [0.717, 1.165) is 64.1 Å². The first-order valence-corrected chi connectivity index (χ1v) is 9.47. The molecule has 3 atom stereocenters. The number of aromatic nitrogens is 1. The number of rotatable bonds is 3. The molecule has 3 heterocycles. The molecule has 1 aliphatic carbocycles. The first kappa shape index (κ1) is 16.9. The lowest BCUT2D eigenvalue weighted by Gasteiger charge is -2.33. The van der Waals surface area contributed by atoms with Gasteiger partial charge in [-0.15, -0.1) is 0 Å². The molecule has 3 aliphatic rings. The zero-order valence-corrected chi connectivity index (χ0v) is 14.7. The second-order valence-corrected chi connectivity index (χ2v) is 7.41. The second-order valence-electron chi connectivity index (χ2n) is 7.41. The van der Waals surface area contributed by atoms with E-state index in [1.807, 2.05) is 18.3 Å². The van der Waals surface area contributed by atoms with Crippen LogP contribution in [0.25, 0.3) is 0 Å². The maximum atomic E-state index is 13.0. The zero-order chi connectivity index (χ0) is 17.1. The summed E-state index contributed by atoms with van der Waals surface area (Å²) in [5.41, 5.74) is 10.6. The van der Waals surface area contributed by atoms with Gasteiger partial charge >= 0.3 is 0 Å². The third-order valence-corrected chi connectivity index (χ3v) is 5.73. The SMILES string of the molecule is O=C(C1CCC2NNNC2C1)N1CCCN(Cc2ccccn2)CC1. The first-order valence-electron chi connectivity index (χ1n) is 9.47. The van der Waals surface area contributed by atoms with Gasteiger partial charge in [0.25, 0.3) is 0 Å². The van der Waals surface area contributed by atoms with E-state index in [2.05, 4.69) is 37.2 Å². The average molecular weight is 344 g/mol. The number of hydrogen-bond acceptors (Lipinski definition) is 6. The summed E-state index contributed by atoms with van der Waals surface area (Å²) in [6.45, 7) is 4.55. The van der Waals surface area contributed by atoms with Crippen molar-refractivity contribution in [3.63, 3.8) is 0 Å². The van der Waals surface area contributed by atoms with Crippen molar-refractivity contribution in [1.29, 1.82) is 0 Å². The summed E-state index contributed by atoms with van der Waals surface area (Å²) in [6, 6.07) is 6.89. The molecule has 136 valence electrons. The fourth-order valence-electron chi connectivity index (χ4n) is 4.28. The molecule has 7 nitrogen and oxygen atoms in total. The highest BCUT2D eigenvalue weighted by Crippen LogP contribution is 2.27. The third kappa shape index (κ3) is 4.00. The van der Waals surface area contributed by atoms with Gasteiger partial charge in [0.2, 0.25) is 5.91 Å². The molecule has 7 heteroatoms. The van der Waals surface area contributed by atoms with E-state index in [0.29, 0.717) is 18.0 Å². The predicted octanol–water partition coefficient (Wildman–Crippen LogP) is 0.266. The van der Waals surface area contributed by atoms with Crippen LogP contribution in [0.2, 0.25) is 0 Å². The molecule has 0 spiro atoms. The number of hydrazine groups is 2. The monoisotopic (exact) mass is 344 g/mol. The van der Waals surface area contributed by atoms with Crippen molar-refractivity contribution in [2.45, 2.75) is 44.3 Å². The summed E-state index contributed by atoms with van der Waals surface area (Å²) in [7, 11) is 0. The van der Waals surface area contributed by atoms with Gasteiger partial charge in [0, 0.05) is 56.9 Å². The Labute approximate surface area is 149 Å². The first-order chi connectivity index (χ1) is 12.3. The molecule has 25 heavy (non-hydrogen) atoms. The Balaban J connectivity index is 1.30. The molecule has 3 fully saturated rings. The van der Waals surface area contributed by atoms with Crippen LogP contribution >= 0.6 is 0 Å². The second kappa shape index (κ2) is 7.78. The molecular weight excluding hydrogens is 316 g/mol. The van der Waals surface area contributed by atoms with E-state index in [4.69, 9.17) is 0 Å². The molecular formula is C18H28N6O.